The van der Waals surface area contributed by atoms with Crippen LogP contribution >= 0.6 is 63.7 Å². The first-order valence-corrected chi connectivity index (χ1v) is 10.7. The number of rotatable bonds is 4. The van der Waals surface area contributed by atoms with Gasteiger partial charge in [-0.05, 0) is 91.4 Å². The Bertz CT molecular complexity index is 720. The number of ether oxygens (including phenoxy) is 1. The van der Waals surface area contributed by atoms with Crippen LogP contribution in [0.3, 0.4) is 0 Å². The van der Waals surface area contributed by atoms with Crippen LogP contribution in [-0.2, 0) is 18.0 Å². The predicted octanol–water partition coefficient (Wildman–Crippen LogP) is 7.10. The van der Waals surface area contributed by atoms with Gasteiger partial charge in [0.2, 0.25) is 0 Å². The highest BCUT2D eigenvalue weighted by Crippen LogP contribution is 2.41. The summed E-state index contributed by atoms with van der Waals surface area (Å²) in [6.45, 7) is 8.21. The zero-order chi connectivity index (χ0) is 19.0. The standard InChI is InChI=1S/C18H18Br4O3/c1-7-13(19)11(14(20)8(2)17(7)23)5-25-6-12-15(21)9(3)18(24)10(4)16(12)22/h23-24H,5-6H2,1-4H3. The average molecular weight is 602 g/mol. The minimum absolute atomic E-state index is 0.276. The number of aromatic hydroxyl groups is 2. The van der Waals surface area contributed by atoms with E-state index in [4.69, 9.17) is 4.74 Å². The molecule has 0 spiro atoms. The molecule has 7 heteroatoms. The molecule has 0 aliphatic carbocycles. The fraction of sp³-hybridized carbons (Fsp3) is 0.333. The number of phenolic OH excluding ortho intramolecular Hbond substituents is 2. The third-order valence-electron chi connectivity index (χ3n) is 4.29. The maximum absolute atomic E-state index is 10.1. The van der Waals surface area contributed by atoms with Crippen molar-refractivity contribution in [1.82, 2.24) is 0 Å². The molecular weight excluding hydrogens is 584 g/mol. The van der Waals surface area contributed by atoms with Gasteiger partial charge < -0.3 is 14.9 Å². The lowest BCUT2D eigenvalue weighted by Crippen LogP contribution is -2.02. The molecule has 0 saturated carbocycles. The van der Waals surface area contributed by atoms with Gasteiger partial charge in [-0.25, -0.2) is 0 Å². The van der Waals surface area contributed by atoms with E-state index in [9.17, 15) is 10.2 Å². The lowest BCUT2D eigenvalue weighted by atomic mass is 10.1. The van der Waals surface area contributed by atoms with Crippen molar-refractivity contribution in [2.45, 2.75) is 40.9 Å². The summed E-state index contributed by atoms with van der Waals surface area (Å²) < 4.78 is 9.27. The van der Waals surface area contributed by atoms with Crippen LogP contribution in [0.25, 0.3) is 0 Å². The number of benzene rings is 2. The molecule has 2 aromatic rings. The summed E-state index contributed by atoms with van der Waals surface area (Å²) in [5, 5.41) is 20.2. The normalized spacial score (nSPS) is 11.2. The van der Waals surface area contributed by atoms with Crippen molar-refractivity contribution in [2.75, 3.05) is 0 Å². The van der Waals surface area contributed by atoms with Crippen molar-refractivity contribution in [1.29, 1.82) is 0 Å². The van der Waals surface area contributed by atoms with Crippen molar-refractivity contribution < 1.29 is 14.9 Å². The van der Waals surface area contributed by atoms with Crippen LogP contribution in [0, 0.1) is 27.7 Å². The molecule has 3 nitrogen and oxygen atoms in total. The predicted molar refractivity (Wildman–Crippen MR) is 114 cm³/mol. The number of hydrogen-bond acceptors (Lipinski definition) is 3. The molecule has 0 saturated heterocycles. The summed E-state index contributed by atoms with van der Waals surface area (Å²) in [5.74, 6) is 0.551. The van der Waals surface area contributed by atoms with Crippen LogP contribution in [0.2, 0.25) is 0 Å². The molecule has 0 bridgehead atoms. The quantitative estimate of drug-likeness (QED) is 0.393. The first kappa shape index (κ1) is 21.2. The topological polar surface area (TPSA) is 49.7 Å². The molecule has 0 radical (unpaired) electrons. The van der Waals surface area contributed by atoms with Crippen LogP contribution in [-0.4, -0.2) is 10.2 Å². The minimum Gasteiger partial charge on any atom is -0.507 e. The summed E-state index contributed by atoms with van der Waals surface area (Å²) in [4.78, 5) is 0. The van der Waals surface area contributed by atoms with E-state index in [-0.39, 0.29) is 11.5 Å². The van der Waals surface area contributed by atoms with Gasteiger partial charge in [-0.1, -0.05) is 0 Å². The van der Waals surface area contributed by atoms with Gasteiger partial charge in [-0.2, -0.15) is 0 Å². The van der Waals surface area contributed by atoms with Gasteiger partial charge in [-0.3, -0.25) is 0 Å². The molecule has 136 valence electrons. The fourth-order valence-electron chi connectivity index (χ4n) is 2.58. The third-order valence-corrected chi connectivity index (χ3v) is 8.58. The van der Waals surface area contributed by atoms with Crippen molar-refractivity contribution >= 4 is 63.7 Å². The molecule has 25 heavy (non-hydrogen) atoms. The third kappa shape index (κ3) is 3.95. The summed E-state index contributed by atoms with van der Waals surface area (Å²) in [7, 11) is 0. The van der Waals surface area contributed by atoms with Crippen LogP contribution in [0.15, 0.2) is 17.9 Å². The van der Waals surface area contributed by atoms with Crippen molar-refractivity contribution in [3.05, 3.63) is 51.3 Å². The Balaban J connectivity index is 2.29. The number of phenols is 2. The number of hydrogen-bond donors (Lipinski definition) is 2. The van der Waals surface area contributed by atoms with E-state index in [1.54, 1.807) is 0 Å². The summed E-state index contributed by atoms with van der Waals surface area (Å²) in [5.41, 5.74) is 5.06. The second kappa shape index (κ2) is 8.30. The van der Waals surface area contributed by atoms with Gasteiger partial charge in [0, 0.05) is 51.3 Å². The molecule has 0 aromatic heterocycles. The molecule has 0 unspecified atom stereocenters. The molecule has 2 aromatic carbocycles. The van der Waals surface area contributed by atoms with Gasteiger partial charge in [-0.15, -0.1) is 0 Å². The van der Waals surface area contributed by atoms with Gasteiger partial charge >= 0.3 is 0 Å². The van der Waals surface area contributed by atoms with Gasteiger partial charge in [0.25, 0.3) is 0 Å². The summed E-state index contributed by atoms with van der Waals surface area (Å²) >= 11 is 14.2. The van der Waals surface area contributed by atoms with Gasteiger partial charge in [0.1, 0.15) is 11.5 Å². The van der Waals surface area contributed by atoms with E-state index in [1.807, 2.05) is 27.7 Å². The van der Waals surface area contributed by atoms with Crippen LogP contribution in [0.4, 0.5) is 0 Å². The van der Waals surface area contributed by atoms with E-state index < -0.39 is 0 Å². The van der Waals surface area contributed by atoms with Crippen LogP contribution in [0.1, 0.15) is 33.4 Å². The van der Waals surface area contributed by atoms with Gasteiger partial charge in [0.05, 0.1) is 13.2 Å². The monoisotopic (exact) mass is 598 g/mol. The maximum Gasteiger partial charge on any atom is 0.123 e. The van der Waals surface area contributed by atoms with Crippen molar-refractivity contribution in [3.63, 3.8) is 0 Å². The van der Waals surface area contributed by atoms with E-state index >= 15 is 0 Å². The minimum atomic E-state index is 0.276. The van der Waals surface area contributed by atoms with Crippen LogP contribution in [0.5, 0.6) is 11.5 Å². The first-order valence-electron chi connectivity index (χ1n) is 7.49. The van der Waals surface area contributed by atoms with Crippen molar-refractivity contribution in [2.24, 2.45) is 0 Å². The first-order chi connectivity index (χ1) is 11.6. The van der Waals surface area contributed by atoms with Crippen LogP contribution < -0.4 is 0 Å². The second-order valence-corrected chi connectivity index (χ2v) is 9.08. The maximum atomic E-state index is 10.1. The Labute approximate surface area is 181 Å². The Hall–Kier alpha value is -0.0800. The number of halogens is 4. The Morgan fingerprint density at radius 3 is 1.08 bits per heavy atom. The van der Waals surface area contributed by atoms with E-state index in [0.717, 1.165) is 51.3 Å². The zero-order valence-corrected chi connectivity index (χ0v) is 20.6. The average Bonchev–Trinajstić information content (AvgIpc) is 2.60. The Morgan fingerprint density at radius 2 is 0.840 bits per heavy atom. The lowest BCUT2D eigenvalue weighted by Gasteiger charge is -2.17. The molecular formula is C18H18Br4O3. The summed E-state index contributed by atoms with van der Waals surface area (Å²) in [6, 6.07) is 0. The van der Waals surface area contributed by atoms with Crippen molar-refractivity contribution in [3.8, 4) is 11.5 Å². The molecule has 0 heterocycles. The van der Waals surface area contributed by atoms with E-state index in [1.165, 1.54) is 0 Å². The van der Waals surface area contributed by atoms with E-state index in [2.05, 4.69) is 63.7 Å². The smallest absolute Gasteiger partial charge is 0.123 e. The molecule has 0 fully saturated rings. The highest BCUT2D eigenvalue weighted by Gasteiger charge is 2.19. The lowest BCUT2D eigenvalue weighted by molar-refractivity contribution is 0.105. The molecule has 0 aliphatic rings. The summed E-state index contributed by atoms with van der Waals surface area (Å²) in [6.07, 6.45) is 0. The molecule has 2 N–H and O–H groups in total. The Kier molecular flexibility index (Phi) is 7.04. The molecule has 0 amide bonds. The fourth-order valence-corrected chi connectivity index (χ4v) is 5.12. The van der Waals surface area contributed by atoms with Gasteiger partial charge in [0.15, 0.2) is 0 Å². The zero-order valence-electron chi connectivity index (χ0n) is 14.2. The highest BCUT2D eigenvalue weighted by atomic mass is 79.9. The Morgan fingerprint density at radius 1 is 0.600 bits per heavy atom. The highest BCUT2D eigenvalue weighted by molar-refractivity contribution is 9.11. The molecule has 2 rings (SSSR count). The SMILES string of the molecule is Cc1c(O)c(C)c(Br)c(COCc2c(Br)c(C)c(O)c(C)c2Br)c1Br. The largest absolute Gasteiger partial charge is 0.507 e. The molecule has 0 atom stereocenters. The molecule has 0 aliphatic heterocycles. The van der Waals surface area contributed by atoms with E-state index in [0.29, 0.717) is 13.2 Å². The second-order valence-electron chi connectivity index (χ2n) is 5.90.